The van der Waals surface area contributed by atoms with Crippen LogP contribution >= 0.6 is 24.0 Å². The molecule has 1 aromatic heterocycles. The third-order valence-electron chi connectivity index (χ3n) is 4.53. The molecule has 1 N–H and O–H groups in total. The lowest BCUT2D eigenvalue weighted by Crippen LogP contribution is -2.53. The Balaban J connectivity index is 0.00000300. The first-order chi connectivity index (χ1) is 13.7. The molecule has 0 amide bonds. The highest BCUT2D eigenvalue weighted by atomic mass is 127. The summed E-state index contributed by atoms with van der Waals surface area (Å²) in [6.45, 7) is 6.30. The standard InChI is InChI=1S/C21H26N6O.HI/c1-3-22-21(24-11-7-10-18-8-5-4-6-9-18)27-16-14-26(15-17-27)19-20(28)25(2)13-12-23-19;/h4-6,8-9,12-13H,3,11,14-17H2,1-2H3,(H,22,24);1H. The number of nitrogens with one attached hydrogen (secondary N) is 1. The molecule has 29 heavy (non-hydrogen) atoms. The predicted octanol–water partition coefficient (Wildman–Crippen LogP) is 1.54. The number of anilines is 1. The molecule has 8 heteroatoms. The summed E-state index contributed by atoms with van der Waals surface area (Å²) in [7, 11) is 1.75. The average Bonchev–Trinajstić information content (AvgIpc) is 2.73. The van der Waals surface area contributed by atoms with E-state index in [1.165, 1.54) is 0 Å². The van der Waals surface area contributed by atoms with Crippen molar-refractivity contribution in [1.29, 1.82) is 0 Å². The van der Waals surface area contributed by atoms with Gasteiger partial charge in [0, 0.05) is 57.7 Å². The average molecular weight is 506 g/mol. The molecule has 1 fully saturated rings. The molecule has 0 spiro atoms. The number of guanidine groups is 1. The molecule has 2 heterocycles. The number of benzene rings is 1. The molecule has 154 valence electrons. The van der Waals surface area contributed by atoms with Crippen molar-refractivity contribution in [3.05, 3.63) is 58.6 Å². The van der Waals surface area contributed by atoms with Gasteiger partial charge in [-0.1, -0.05) is 30.0 Å². The minimum atomic E-state index is -0.0623. The third-order valence-corrected chi connectivity index (χ3v) is 4.53. The zero-order valence-electron chi connectivity index (χ0n) is 16.8. The van der Waals surface area contributed by atoms with E-state index in [9.17, 15) is 4.79 Å². The first kappa shape index (κ1) is 22.7. The summed E-state index contributed by atoms with van der Waals surface area (Å²) < 4.78 is 1.56. The fourth-order valence-corrected chi connectivity index (χ4v) is 3.03. The number of aromatic nitrogens is 2. The maximum absolute atomic E-state index is 12.3. The maximum atomic E-state index is 12.3. The lowest BCUT2D eigenvalue weighted by atomic mass is 10.2. The Bertz CT molecular complexity index is 923. The monoisotopic (exact) mass is 506 g/mol. The lowest BCUT2D eigenvalue weighted by molar-refractivity contribution is 0.371. The van der Waals surface area contributed by atoms with E-state index in [2.05, 4.69) is 39.0 Å². The summed E-state index contributed by atoms with van der Waals surface area (Å²) in [4.78, 5) is 25.4. The van der Waals surface area contributed by atoms with Crippen molar-refractivity contribution in [1.82, 2.24) is 19.8 Å². The molecule has 1 aliphatic heterocycles. The molecule has 1 aromatic carbocycles. The summed E-state index contributed by atoms with van der Waals surface area (Å²) in [5.41, 5.74) is 0.931. The molecule has 7 nitrogen and oxygen atoms in total. The lowest BCUT2D eigenvalue weighted by Gasteiger charge is -2.36. The molecular weight excluding hydrogens is 479 g/mol. The molecule has 0 unspecified atom stereocenters. The number of halogens is 1. The molecule has 1 saturated heterocycles. The fraction of sp³-hybridized carbons (Fsp3) is 0.381. The van der Waals surface area contributed by atoms with Crippen LogP contribution in [0.5, 0.6) is 0 Å². The van der Waals surface area contributed by atoms with Crippen LogP contribution in [0.3, 0.4) is 0 Å². The van der Waals surface area contributed by atoms with E-state index < -0.39 is 0 Å². The second-order valence-corrected chi connectivity index (χ2v) is 6.48. The number of nitrogens with zero attached hydrogens (tertiary/aromatic N) is 5. The molecule has 2 aromatic rings. The van der Waals surface area contributed by atoms with Crippen LogP contribution in [0.4, 0.5) is 5.82 Å². The van der Waals surface area contributed by atoms with E-state index in [1.54, 1.807) is 24.0 Å². The third kappa shape index (κ3) is 6.22. The maximum Gasteiger partial charge on any atom is 0.293 e. The molecule has 0 bridgehead atoms. The van der Waals surface area contributed by atoms with Crippen molar-refractivity contribution in [2.24, 2.45) is 12.0 Å². The van der Waals surface area contributed by atoms with Crippen molar-refractivity contribution < 1.29 is 0 Å². The minimum Gasteiger partial charge on any atom is -0.356 e. The highest BCUT2D eigenvalue weighted by Gasteiger charge is 2.22. The van der Waals surface area contributed by atoms with Crippen molar-refractivity contribution in [3.63, 3.8) is 0 Å². The highest BCUT2D eigenvalue weighted by molar-refractivity contribution is 14.0. The van der Waals surface area contributed by atoms with Crippen molar-refractivity contribution in [2.45, 2.75) is 6.92 Å². The van der Waals surface area contributed by atoms with E-state index in [-0.39, 0.29) is 29.5 Å². The Hall–Kier alpha value is -2.54. The van der Waals surface area contributed by atoms with Gasteiger partial charge in [0.15, 0.2) is 11.8 Å². The summed E-state index contributed by atoms with van der Waals surface area (Å²) >= 11 is 0. The van der Waals surface area contributed by atoms with Gasteiger partial charge in [-0.15, -0.1) is 24.0 Å². The van der Waals surface area contributed by atoms with Crippen LogP contribution in [0.2, 0.25) is 0 Å². The Kier molecular flexibility index (Phi) is 8.99. The zero-order valence-corrected chi connectivity index (χ0v) is 19.2. The van der Waals surface area contributed by atoms with Gasteiger partial charge < -0.3 is 19.7 Å². The van der Waals surface area contributed by atoms with Gasteiger partial charge in [-0.25, -0.2) is 9.98 Å². The molecular formula is C21H27IN6O. The van der Waals surface area contributed by atoms with Gasteiger partial charge in [0.25, 0.3) is 5.56 Å². The van der Waals surface area contributed by atoms with Crippen LogP contribution in [0.1, 0.15) is 12.5 Å². The van der Waals surface area contributed by atoms with Crippen molar-refractivity contribution in [3.8, 4) is 11.8 Å². The van der Waals surface area contributed by atoms with Crippen LogP contribution in [0.25, 0.3) is 0 Å². The fourth-order valence-electron chi connectivity index (χ4n) is 3.03. The number of rotatable bonds is 3. The molecule has 1 aliphatic rings. The first-order valence-corrected chi connectivity index (χ1v) is 9.53. The summed E-state index contributed by atoms with van der Waals surface area (Å²) in [6.07, 6.45) is 3.34. The van der Waals surface area contributed by atoms with Crippen LogP contribution in [0, 0.1) is 11.8 Å². The normalized spacial score (nSPS) is 13.9. The molecule has 0 radical (unpaired) electrons. The van der Waals surface area contributed by atoms with Crippen molar-refractivity contribution >= 4 is 35.8 Å². The van der Waals surface area contributed by atoms with Gasteiger partial charge in [0.05, 0.1) is 0 Å². The van der Waals surface area contributed by atoms with Gasteiger partial charge in [-0.2, -0.15) is 0 Å². The summed E-state index contributed by atoms with van der Waals surface area (Å²) in [5, 5.41) is 3.33. The van der Waals surface area contributed by atoms with Gasteiger partial charge in [-0.05, 0) is 19.1 Å². The van der Waals surface area contributed by atoms with Crippen LogP contribution in [-0.4, -0.2) is 59.7 Å². The highest BCUT2D eigenvalue weighted by Crippen LogP contribution is 2.09. The number of hydrogen-bond donors (Lipinski definition) is 1. The second-order valence-electron chi connectivity index (χ2n) is 6.48. The van der Waals surface area contributed by atoms with E-state index >= 15 is 0 Å². The van der Waals surface area contributed by atoms with E-state index in [0.717, 1.165) is 44.2 Å². The van der Waals surface area contributed by atoms with Crippen LogP contribution < -0.4 is 15.8 Å². The molecule has 0 atom stereocenters. The minimum absolute atomic E-state index is 0. The quantitative estimate of drug-likeness (QED) is 0.296. The molecule has 0 saturated carbocycles. The zero-order chi connectivity index (χ0) is 19.8. The van der Waals surface area contributed by atoms with Gasteiger partial charge in [0.1, 0.15) is 6.54 Å². The number of aliphatic imine (C=N–C) groups is 1. The Morgan fingerprint density at radius 3 is 2.62 bits per heavy atom. The van der Waals surface area contributed by atoms with E-state index in [1.807, 2.05) is 35.2 Å². The van der Waals surface area contributed by atoms with Crippen LogP contribution in [0.15, 0.2) is 52.5 Å². The van der Waals surface area contributed by atoms with E-state index in [4.69, 9.17) is 0 Å². The Morgan fingerprint density at radius 2 is 1.93 bits per heavy atom. The van der Waals surface area contributed by atoms with E-state index in [0.29, 0.717) is 12.4 Å². The smallest absolute Gasteiger partial charge is 0.293 e. The second kappa shape index (κ2) is 11.5. The largest absolute Gasteiger partial charge is 0.356 e. The van der Waals surface area contributed by atoms with Gasteiger partial charge >= 0.3 is 0 Å². The van der Waals surface area contributed by atoms with Crippen LogP contribution in [-0.2, 0) is 7.05 Å². The number of aryl methyl sites for hydroxylation is 1. The predicted molar refractivity (Wildman–Crippen MR) is 128 cm³/mol. The number of hydrogen-bond acceptors (Lipinski definition) is 4. The Labute approximate surface area is 188 Å². The Morgan fingerprint density at radius 1 is 1.21 bits per heavy atom. The summed E-state index contributed by atoms with van der Waals surface area (Å²) in [6, 6.07) is 9.91. The van der Waals surface area contributed by atoms with Gasteiger partial charge in [0.2, 0.25) is 0 Å². The topological polar surface area (TPSA) is 65.8 Å². The summed E-state index contributed by atoms with van der Waals surface area (Å²) in [5.74, 6) is 7.61. The molecule has 0 aliphatic carbocycles. The molecule has 3 rings (SSSR count). The number of piperazine rings is 1. The SMILES string of the molecule is CCNC(=NCC#Cc1ccccc1)N1CCN(c2nccn(C)c2=O)CC1.I. The first-order valence-electron chi connectivity index (χ1n) is 9.53. The van der Waals surface area contributed by atoms with Gasteiger partial charge in [-0.3, -0.25) is 4.79 Å². The van der Waals surface area contributed by atoms with Crippen molar-refractivity contribution in [2.75, 3.05) is 44.2 Å².